The molecule has 6 nitrogen and oxygen atoms in total. The van der Waals surface area contributed by atoms with Gasteiger partial charge in [-0.2, -0.15) is 0 Å². The molecule has 0 aliphatic carbocycles. The van der Waals surface area contributed by atoms with Gasteiger partial charge >= 0.3 is 6.03 Å². The molecule has 0 fully saturated rings. The van der Waals surface area contributed by atoms with E-state index in [4.69, 9.17) is 22.1 Å². The van der Waals surface area contributed by atoms with E-state index in [2.05, 4.69) is 10.6 Å². The van der Waals surface area contributed by atoms with Gasteiger partial charge in [-0.3, -0.25) is 4.79 Å². The van der Waals surface area contributed by atoms with Gasteiger partial charge in [0.05, 0.1) is 18.2 Å². The number of urea groups is 1. The molecule has 0 aliphatic rings. The lowest BCUT2D eigenvalue weighted by Gasteiger charge is -2.18. The fourth-order valence-corrected chi connectivity index (χ4v) is 2.91. The first kappa shape index (κ1) is 20.2. The molecule has 29 heavy (non-hydrogen) atoms. The van der Waals surface area contributed by atoms with Crippen LogP contribution >= 0.6 is 11.6 Å². The highest BCUT2D eigenvalue weighted by molar-refractivity contribution is 6.30. The van der Waals surface area contributed by atoms with Crippen LogP contribution in [0.2, 0.25) is 5.02 Å². The molecule has 3 amide bonds. The largest absolute Gasteiger partial charge is 0.455 e. The van der Waals surface area contributed by atoms with Gasteiger partial charge in [-0.1, -0.05) is 54.1 Å². The van der Waals surface area contributed by atoms with Crippen molar-refractivity contribution in [3.63, 3.8) is 0 Å². The van der Waals surface area contributed by atoms with Crippen LogP contribution in [0.4, 0.5) is 10.5 Å². The fourth-order valence-electron chi connectivity index (χ4n) is 2.78. The predicted octanol–water partition coefficient (Wildman–Crippen LogP) is 4.87. The van der Waals surface area contributed by atoms with Crippen molar-refractivity contribution in [1.29, 1.82) is 0 Å². The van der Waals surface area contributed by atoms with Crippen molar-refractivity contribution in [1.82, 2.24) is 5.32 Å². The van der Waals surface area contributed by atoms with E-state index < -0.39 is 12.1 Å². The second-order valence-electron chi connectivity index (χ2n) is 6.28. The quantitative estimate of drug-likeness (QED) is 0.519. The van der Waals surface area contributed by atoms with Crippen LogP contribution in [0.15, 0.2) is 78.9 Å². The summed E-state index contributed by atoms with van der Waals surface area (Å²) in [5, 5.41) is 5.98. The molecule has 0 saturated carbocycles. The van der Waals surface area contributed by atoms with Crippen LogP contribution in [0.5, 0.6) is 11.5 Å². The van der Waals surface area contributed by atoms with E-state index in [0.29, 0.717) is 22.2 Å². The van der Waals surface area contributed by atoms with E-state index in [0.717, 1.165) is 5.56 Å². The molecule has 3 aromatic carbocycles. The number of para-hydroxylation sites is 3. The molecular formula is C22H20ClN3O3. The zero-order chi connectivity index (χ0) is 20.6. The third-order valence-corrected chi connectivity index (χ3v) is 4.36. The Morgan fingerprint density at radius 1 is 0.931 bits per heavy atom. The first-order chi connectivity index (χ1) is 14.0. The van der Waals surface area contributed by atoms with Gasteiger partial charge in [-0.25, -0.2) is 4.79 Å². The number of rotatable bonds is 7. The number of carbonyl (C=O) groups excluding carboxylic acids is 2. The summed E-state index contributed by atoms with van der Waals surface area (Å²) >= 11 is 5.91. The second-order valence-corrected chi connectivity index (χ2v) is 6.71. The number of halogens is 1. The molecule has 0 unspecified atom stereocenters. The minimum Gasteiger partial charge on any atom is -0.455 e. The lowest BCUT2D eigenvalue weighted by atomic mass is 10.0. The maximum Gasteiger partial charge on any atom is 0.312 e. The van der Waals surface area contributed by atoms with Gasteiger partial charge in [-0.15, -0.1) is 0 Å². The van der Waals surface area contributed by atoms with Crippen molar-refractivity contribution in [3.8, 4) is 11.5 Å². The molecule has 0 aliphatic heterocycles. The number of nitrogens with two attached hydrogens (primary N) is 1. The maximum atomic E-state index is 12.7. The number of nitrogens with one attached hydrogen (secondary N) is 2. The van der Waals surface area contributed by atoms with Crippen LogP contribution in [0, 0.1) is 0 Å². The highest BCUT2D eigenvalue weighted by Gasteiger charge is 2.18. The zero-order valence-corrected chi connectivity index (χ0v) is 16.2. The molecule has 0 saturated heterocycles. The van der Waals surface area contributed by atoms with Gasteiger partial charge in [0.2, 0.25) is 5.91 Å². The summed E-state index contributed by atoms with van der Waals surface area (Å²) in [6, 6.07) is 21.9. The topological polar surface area (TPSA) is 93.5 Å². The highest BCUT2D eigenvalue weighted by atomic mass is 35.5. The Bertz CT molecular complexity index is 978. The molecule has 3 rings (SSSR count). The SMILES string of the molecule is NC(=O)N[C@@H](CC(=O)Nc1ccccc1Oc1ccccc1)c1ccc(Cl)cc1. The predicted molar refractivity (Wildman–Crippen MR) is 113 cm³/mol. The summed E-state index contributed by atoms with van der Waals surface area (Å²) in [5.41, 5.74) is 6.51. The monoisotopic (exact) mass is 409 g/mol. The van der Waals surface area contributed by atoms with Gasteiger partial charge in [-0.05, 0) is 42.0 Å². The van der Waals surface area contributed by atoms with Gasteiger partial charge in [0, 0.05) is 5.02 Å². The van der Waals surface area contributed by atoms with Gasteiger partial charge in [0.25, 0.3) is 0 Å². The summed E-state index contributed by atoms with van der Waals surface area (Å²) in [5.74, 6) is 0.865. The molecule has 0 aromatic heterocycles. The van der Waals surface area contributed by atoms with Gasteiger partial charge in [0.1, 0.15) is 5.75 Å². The molecule has 1 atom stereocenters. The number of anilines is 1. The summed E-state index contributed by atoms with van der Waals surface area (Å²) in [6.45, 7) is 0. The number of carbonyl (C=O) groups is 2. The molecule has 0 radical (unpaired) electrons. The van der Waals surface area contributed by atoms with E-state index in [9.17, 15) is 9.59 Å². The minimum absolute atomic E-state index is 0.00968. The van der Waals surface area contributed by atoms with Crippen molar-refractivity contribution >= 4 is 29.2 Å². The highest BCUT2D eigenvalue weighted by Crippen LogP contribution is 2.29. The van der Waals surface area contributed by atoms with Crippen molar-refractivity contribution in [2.24, 2.45) is 5.73 Å². The summed E-state index contributed by atoms with van der Waals surface area (Å²) in [4.78, 5) is 24.0. The van der Waals surface area contributed by atoms with Crippen LogP contribution in [0.25, 0.3) is 0 Å². The lowest BCUT2D eigenvalue weighted by molar-refractivity contribution is -0.116. The smallest absolute Gasteiger partial charge is 0.312 e. The fraction of sp³-hybridized carbons (Fsp3) is 0.0909. The van der Waals surface area contributed by atoms with Crippen molar-refractivity contribution in [2.75, 3.05) is 5.32 Å². The number of hydrogen-bond donors (Lipinski definition) is 3. The van der Waals surface area contributed by atoms with Crippen LogP contribution in [0.3, 0.4) is 0 Å². The first-order valence-corrected chi connectivity index (χ1v) is 9.32. The number of amides is 3. The second kappa shape index (κ2) is 9.61. The van der Waals surface area contributed by atoms with E-state index in [1.807, 2.05) is 36.4 Å². The Labute approximate surface area is 173 Å². The third-order valence-electron chi connectivity index (χ3n) is 4.11. The Balaban J connectivity index is 1.73. The number of benzene rings is 3. The van der Waals surface area contributed by atoms with Gasteiger partial charge in [0.15, 0.2) is 5.75 Å². The van der Waals surface area contributed by atoms with E-state index in [1.165, 1.54) is 0 Å². The maximum absolute atomic E-state index is 12.7. The minimum atomic E-state index is -0.717. The zero-order valence-electron chi connectivity index (χ0n) is 15.5. The lowest BCUT2D eigenvalue weighted by Crippen LogP contribution is -2.35. The van der Waals surface area contributed by atoms with Gasteiger partial charge < -0.3 is 21.1 Å². The van der Waals surface area contributed by atoms with E-state index in [1.54, 1.807) is 42.5 Å². The number of hydrogen-bond acceptors (Lipinski definition) is 3. The third kappa shape index (κ3) is 5.99. The Kier molecular flexibility index (Phi) is 6.71. The molecule has 7 heteroatoms. The first-order valence-electron chi connectivity index (χ1n) is 8.94. The standard InChI is InChI=1S/C22H20ClN3O3/c23-16-12-10-15(11-13-16)19(26-22(24)28)14-21(27)25-18-8-4-5-9-20(18)29-17-6-2-1-3-7-17/h1-13,19H,14H2,(H,25,27)(H3,24,26,28)/t19-/m0/s1. The van der Waals surface area contributed by atoms with Crippen LogP contribution in [-0.4, -0.2) is 11.9 Å². The van der Waals surface area contributed by atoms with E-state index in [-0.39, 0.29) is 12.3 Å². The molecule has 148 valence electrons. The molecule has 3 aromatic rings. The normalized spacial score (nSPS) is 11.3. The molecule has 4 N–H and O–H groups in total. The average molecular weight is 410 g/mol. The van der Waals surface area contributed by atoms with Crippen molar-refractivity contribution < 1.29 is 14.3 Å². The Hall–Kier alpha value is -3.51. The molecule has 0 heterocycles. The average Bonchev–Trinajstić information content (AvgIpc) is 2.70. The summed E-state index contributed by atoms with van der Waals surface area (Å²) < 4.78 is 5.86. The summed E-state index contributed by atoms with van der Waals surface area (Å²) in [6.07, 6.45) is -0.00968. The Morgan fingerprint density at radius 2 is 1.59 bits per heavy atom. The molecular weight excluding hydrogens is 390 g/mol. The molecule has 0 bridgehead atoms. The molecule has 0 spiro atoms. The van der Waals surface area contributed by atoms with Crippen molar-refractivity contribution in [2.45, 2.75) is 12.5 Å². The van der Waals surface area contributed by atoms with Crippen molar-refractivity contribution in [3.05, 3.63) is 89.4 Å². The Morgan fingerprint density at radius 3 is 2.28 bits per heavy atom. The number of primary amides is 1. The summed E-state index contributed by atoms with van der Waals surface area (Å²) in [7, 11) is 0. The van der Waals surface area contributed by atoms with Crippen LogP contribution < -0.4 is 21.1 Å². The number of ether oxygens (including phenoxy) is 1. The van der Waals surface area contributed by atoms with Crippen LogP contribution in [0.1, 0.15) is 18.0 Å². The van der Waals surface area contributed by atoms with Crippen LogP contribution in [-0.2, 0) is 4.79 Å². The van der Waals surface area contributed by atoms with E-state index >= 15 is 0 Å².